The molecule has 4 aliphatic carbocycles. The van der Waals surface area contributed by atoms with Crippen molar-refractivity contribution in [3.05, 3.63) is 0 Å². The van der Waals surface area contributed by atoms with Gasteiger partial charge >= 0.3 is 0 Å². The van der Waals surface area contributed by atoms with E-state index in [1.807, 2.05) is 0 Å². The zero-order valence-electron chi connectivity index (χ0n) is 11.1. The highest BCUT2D eigenvalue weighted by atomic mass is 14.9. The van der Waals surface area contributed by atoms with E-state index < -0.39 is 0 Å². The van der Waals surface area contributed by atoms with Crippen molar-refractivity contribution in [2.75, 3.05) is 7.05 Å². The van der Waals surface area contributed by atoms with Crippen LogP contribution in [-0.2, 0) is 0 Å². The van der Waals surface area contributed by atoms with Gasteiger partial charge in [0.2, 0.25) is 0 Å². The Morgan fingerprint density at radius 1 is 0.938 bits per heavy atom. The van der Waals surface area contributed by atoms with Crippen LogP contribution in [0.2, 0.25) is 0 Å². The average molecular weight is 221 g/mol. The molecule has 0 radical (unpaired) electrons. The van der Waals surface area contributed by atoms with Gasteiger partial charge in [0.05, 0.1) is 0 Å². The lowest BCUT2D eigenvalue weighted by Crippen LogP contribution is -2.52. The molecule has 0 aromatic carbocycles. The van der Waals surface area contributed by atoms with Gasteiger partial charge < -0.3 is 5.32 Å². The number of nitrogens with one attached hydrogen (secondary N) is 1. The molecule has 0 saturated heterocycles. The summed E-state index contributed by atoms with van der Waals surface area (Å²) in [6.45, 7) is 4.89. The van der Waals surface area contributed by atoms with Crippen LogP contribution in [0.4, 0.5) is 0 Å². The van der Waals surface area contributed by atoms with Crippen LogP contribution < -0.4 is 5.32 Å². The predicted molar refractivity (Wildman–Crippen MR) is 68.3 cm³/mol. The lowest BCUT2D eigenvalue weighted by molar-refractivity contribution is -0.0891. The fourth-order valence-electron chi connectivity index (χ4n) is 5.52. The fourth-order valence-corrected chi connectivity index (χ4v) is 5.52. The van der Waals surface area contributed by atoms with E-state index in [9.17, 15) is 0 Å². The maximum absolute atomic E-state index is 3.49. The van der Waals surface area contributed by atoms with Gasteiger partial charge in [-0.1, -0.05) is 6.92 Å². The molecular weight excluding hydrogens is 194 g/mol. The molecule has 4 saturated carbocycles. The summed E-state index contributed by atoms with van der Waals surface area (Å²) >= 11 is 0. The molecule has 16 heavy (non-hydrogen) atoms. The molecule has 1 N–H and O–H groups in total. The van der Waals surface area contributed by atoms with E-state index in [1.54, 1.807) is 38.5 Å². The van der Waals surface area contributed by atoms with Crippen LogP contribution in [0.3, 0.4) is 0 Å². The van der Waals surface area contributed by atoms with Crippen molar-refractivity contribution in [3.63, 3.8) is 0 Å². The largest absolute Gasteiger partial charge is 0.317 e. The summed E-state index contributed by atoms with van der Waals surface area (Å²) in [6.07, 6.45) is 9.35. The van der Waals surface area contributed by atoms with E-state index in [-0.39, 0.29) is 0 Å². The van der Waals surface area contributed by atoms with Gasteiger partial charge in [-0.25, -0.2) is 0 Å². The third-order valence-electron chi connectivity index (χ3n) is 6.26. The van der Waals surface area contributed by atoms with Crippen LogP contribution in [0.25, 0.3) is 0 Å². The van der Waals surface area contributed by atoms with Crippen LogP contribution in [0.5, 0.6) is 0 Å². The molecule has 0 heterocycles. The average Bonchev–Trinajstić information content (AvgIpc) is 2.25. The number of rotatable bonds is 3. The maximum Gasteiger partial charge on any atom is 0.00666 e. The molecule has 4 aliphatic rings. The van der Waals surface area contributed by atoms with Gasteiger partial charge in [0.1, 0.15) is 0 Å². The van der Waals surface area contributed by atoms with Gasteiger partial charge in [-0.3, -0.25) is 0 Å². The Morgan fingerprint density at radius 3 is 1.75 bits per heavy atom. The molecule has 0 spiro atoms. The van der Waals surface area contributed by atoms with Crippen molar-refractivity contribution >= 4 is 0 Å². The summed E-state index contributed by atoms with van der Waals surface area (Å²) in [5.41, 5.74) is 0.719. The second-order valence-electron chi connectivity index (χ2n) is 7.15. The molecule has 0 aromatic rings. The van der Waals surface area contributed by atoms with Crippen molar-refractivity contribution in [2.24, 2.45) is 29.1 Å². The summed E-state index contributed by atoms with van der Waals surface area (Å²) in [4.78, 5) is 0. The minimum atomic E-state index is 0.691. The molecule has 2 atom stereocenters. The first kappa shape index (κ1) is 11.1. The molecule has 0 aromatic heterocycles. The zero-order valence-corrected chi connectivity index (χ0v) is 11.1. The van der Waals surface area contributed by atoms with E-state index in [0.717, 1.165) is 29.1 Å². The van der Waals surface area contributed by atoms with Gasteiger partial charge in [0, 0.05) is 6.04 Å². The summed E-state index contributed by atoms with van der Waals surface area (Å²) in [5, 5.41) is 3.49. The van der Waals surface area contributed by atoms with Crippen molar-refractivity contribution in [3.8, 4) is 0 Å². The molecule has 92 valence electrons. The Hall–Kier alpha value is -0.0400. The topological polar surface area (TPSA) is 12.0 Å². The Morgan fingerprint density at radius 2 is 1.38 bits per heavy atom. The van der Waals surface area contributed by atoms with Crippen molar-refractivity contribution in [2.45, 2.75) is 58.4 Å². The standard InChI is InChI=1S/C15H27N/c1-10(11(2)16-3)15-7-12-4-13(8-15)6-14(5-12)9-15/h10-14,16H,4-9H2,1-3H3. The first-order valence-corrected chi connectivity index (χ1v) is 7.30. The van der Waals surface area contributed by atoms with Crippen LogP contribution >= 0.6 is 0 Å². The van der Waals surface area contributed by atoms with Crippen molar-refractivity contribution in [1.29, 1.82) is 0 Å². The molecule has 0 aliphatic heterocycles. The predicted octanol–water partition coefficient (Wildman–Crippen LogP) is 3.45. The minimum Gasteiger partial charge on any atom is -0.317 e. The molecule has 1 nitrogen and oxygen atoms in total. The van der Waals surface area contributed by atoms with Gasteiger partial charge in [-0.05, 0) is 81.6 Å². The molecule has 4 rings (SSSR count). The van der Waals surface area contributed by atoms with Crippen molar-refractivity contribution < 1.29 is 0 Å². The van der Waals surface area contributed by atoms with Crippen LogP contribution in [0.1, 0.15) is 52.4 Å². The van der Waals surface area contributed by atoms with E-state index in [2.05, 4.69) is 26.2 Å². The zero-order chi connectivity index (χ0) is 11.3. The molecule has 2 unspecified atom stereocenters. The van der Waals surface area contributed by atoms with Crippen LogP contribution in [0.15, 0.2) is 0 Å². The Bertz CT molecular complexity index is 235. The molecule has 4 bridgehead atoms. The maximum atomic E-state index is 3.49. The molecule has 1 heteroatoms. The van der Waals surface area contributed by atoms with Crippen LogP contribution in [-0.4, -0.2) is 13.1 Å². The molecule has 4 fully saturated rings. The third-order valence-corrected chi connectivity index (χ3v) is 6.26. The van der Waals surface area contributed by atoms with Gasteiger partial charge in [0.25, 0.3) is 0 Å². The SMILES string of the molecule is CNC(C)C(C)C12CC3CC(CC(C3)C1)C2. The smallest absolute Gasteiger partial charge is 0.00666 e. The van der Waals surface area contributed by atoms with Gasteiger partial charge in [0.15, 0.2) is 0 Å². The lowest BCUT2D eigenvalue weighted by atomic mass is 9.46. The highest BCUT2D eigenvalue weighted by Crippen LogP contribution is 2.63. The Kier molecular flexibility index (Phi) is 2.58. The Balaban J connectivity index is 1.82. The van der Waals surface area contributed by atoms with E-state index in [1.165, 1.54) is 0 Å². The first-order valence-electron chi connectivity index (χ1n) is 7.30. The normalized spacial score (nSPS) is 49.3. The second kappa shape index (κ2) is 3.73. The van der Waals surface area contributed by atoms with E-state index in [4.69, 9.17) is 0 Å². The summed E-state index contributed by atoms with van der Waals surface area (Å²) < 4.78 is 0. The van der Waals surface area contributed by atoms with Crippen molar-refractivity contribution in [1.82, 2.24) is 5.32 Å². The summed E-state index contributed by atoms with van der Waals surface area (Å²) in [5.74, 6) is 4.15. The quantitative estimate of drug-likeness (QED) is 0.769. The highest BCUT2D eigenvalue weighted by molar-refractivity contribution is 5.04. The third kappa shape index (κ3) is 1.54. The first-order chi connectivity index (χ1) is 7.63. The van der Waals surface area contributed by atoms with Gasteiger partial charge in [-0.15, -0.1) is 0 Å². The monoisotopic (exact) mass is 221 g/mol. The summed E-state index contributed by atoms with van der Waals surface area (Å²) in [7, 11) is 2.13. The Labute approximate surface area is 100 Å². The van der Waals surface area contributed by atoms with Gasteiger partial charge in [-0.2, -0.15) is 0 Å². The van der Waals surface area contributed by atoms with Crippen LogP contribution in [0, 0.1) is 29.1 Å². The number of hydrogen-bond acceptors (Lipinski definition) is 1. The molecular formula is C15H27N. The molecule has 0 amide bonds. The van der Waals surface area contributed by atoms with E-state index >= 15 is 0 Å². The minimum absolute atomic E-state index is 0.691. The summed E-state index contributed by atoms with van der Waals surface area (Å²) in [6, 6.07) is 0.691. The number of hydrogen-bond donors (Lipinski definition) is 1. The lowest BCUT2D eigenvalue weighted by Gasteiger charge is -2.60. The fraction of sp³-hybridized carbons (Fsp3) is 1.00. The highest BCUT2D eigenvalue weighted by Gasteiger charge is 2.53. The second-order valence-corrected chi connectivity index (χ2v) is 7.15. The van der Waals surface area contributed by atoms with E-state index in [0.29, 0.717) is 6.04 Å².